The van der Waals surface area contributed by atoms with E-state index in [1.54, 1.807) is 12.2 Å². The molecule has 2 nitrogen and oxygen atoms in total. The molecule has 0 saturated heterocycles. The summed E-state index contributed by atoms with van der Waals surface area (Å²) >= 11 is 0. The van der Waals surface area contributed by atoms with Gasteiger partial charge >= 0.3 is 5.97 Å². The average molecular weight is 163 g/mol. The van der Waals surface area contributed by atoms with E-state index in [9.17, 15) is 4.79 Å². The van der Waals surface area contributed by atoms with Crippen LogP contribution in [0.25, 0.3) is 0 Å². The first kappa shape index (κ1) is 8.78. The molecule has 0 aromatic rings. The lowest BCUT2D eigenvalue weighted by Crippen LogP contribution is -2.04. The second-order valence-corrected chi connectivity index (χ2v) is 2.54. The quantitative estimate of drug-likeness (QED) is 0.583. The van der Waals surface area contributed by atoms with E-state index in [0.717, 1.165) is 5.92 Å². The van der Waals surface area contributed by atoms with E-state index in [2.05, 4.69) is 6.58 Å². The lowest BCUT2D eigenvalue weighted by atomic mass is 10.00. The van der Waals surface area contributed by atoms with Crippen LogP contribution < -0.4 is 0 Å². The highest BCUT2D eigenvalue weighted by molar-refractivity contribution is 5.67. The van der Waals surface area contributed by atoms with Crippen molar-refractivity contribution in [3.63, 3.8) is 0 Å². The Balaban J connectivity index is 2.56. The summed E-state index contributed by atoms with van der Waals surface area (Å²) in [6, 6.07) is 0. The summed E-state index contributed by atoms with van der Waals surface area (Å²) in [5.74, 6) is 1.47. The molecule has 0 saturated carbocycles. The second kappa shape index (κ2) is 3.90. The van der Waals surface area contributed by atoms with Crippen molar-refractivity contribution < 1.29 is 9.53 Å². The minimum Gasteiger partial charge on any atom is -0.431 e. The summed E-state index contributed by atoms with van der Waals surface area (Å²) < 4.78 is 4.93. The summed E-state index contributed by atoms with van der Waals surface area (Å²) in [7, 11) is 0. The molecular formula is C10H11O2. The molecule has 0 spiro atoms. The van der Waals surface area contributed by atoms with Crippen molar-refractivity contribution in [3.8, 4) is 0 Å². The highest BCUT2D eigenvalue weighted by Crippen LogP contribution is 2.21. The Bertz CT molecular complexity index is 249. The van der Waals surface area contributed by atoms with Crippen LogP contribution in [0.1, 0.15) is 13.3 Å². The van der Waals surface area contributed by atoms with Crippen LogP contribution in [-0.2, 0) is 9.53 Å². The van der Waals surface area contributed by atoms with Gasteiger partial charge in [-0.2, -0.15) is 0 Å². The zero-order valence-corrected chi connectivity index (χ0v) is 7.04. The molecule has 0 aromatic heterocycles. The van der Waals surface area contributed by atoms with Gasteiger partial charge in [-0.05, 0) is 6.08 Å². The zero-order chi connectivity index (χ0) is 8.97. The third kappa shape index (κ3) is 2.38. The molecule has 0 atom stereocenters. The van der Waals surface area contributed by atoms with Gasteiger partial charge in [0.1, 0.15) is 5.76 Å². The largest absolute Gasteiger partial charge is 0.431 e. The van der Waals surface area contributed by atoms with Gasteiger partial charge in [-0.25, -0.2) is 0 Å². The molecule has 12 heavy (non-hydrogen) atoms. The maximum absolute atomic E-state index is 10.6. The van der Waals surface area contributed by atoms with Crippen molar-refractivity contribution in [1.82, 2.24) is 0 Å². The monoisotopic (exact) mass is 163 g/mol. The molecule has 2 heteroatoms. The SMILES string of the molecule is C=C[C]1C=CC=C(OC(C)=O)C1. The fourth-order valence-corrected chi connectivity index (χ4v) is 0.993. The molecule has 0 heterocycles. The summed E-state index contributed by atoms with van der Waals surface area (Å²) in [5, 5.41) is 0. The Morgan fingerprint density at radius 2 is 2.50 bits per heavy atom. The maximum atomic E-state index is 10.6. The highest BCUT2D eigenvalue weighted by Gasteiger charge is 2.10. The number of hydrogen-bond donors (Lipinski definition) is 0. The van der Waals surface area contributed by atoms with Crippen LogP contribution >= 0.6 is 0 Å². The van der Waals surface area contributed by atoms with Gasteiger partial charge in [0.2, 0.25) is 0 Å². The van der Waals surface area contributed by atoms with E-state index in [0.29, 0.717) is 12.2 Å². The molecule has 1 aliphatic rings. The minimum atomic E-state index is -0.278. The smallest absolute Gasteiger partial charge is 0.307 e. The predicted octanol–water partition coefficient (Wildman–Crippen LogP) is 2.15. The highest BCUT2D eigenvalue weighted by atomic mass is 16.5. The maximum Gasteiger partial charge on any atom is 0.307 e. The molecule has 0 aromatic carbocycles. The number of esters is 1. The van der Waals surface area contributed by atoms with Crippen LogP contribution in [0.15, 0.2) is 36.6 Å². The molecule has 1 aliphatic carbocycles. The van der Waals surface area contributed by atoms with E-state index in [-0.39, 0.29) is 5.97 Å². The summed E-state index contributed by atoms with van der Waals surface area (Å²) in [5.41, 5.74) is 0. The van der Waals surface area contributed by atoms with Crippen LogP contribution in [0.4, 0.5) is 0 Å². The van der Waals surface area contributed by atoms with Crippen LogP contribution in [0, 0.1) is 5.92 Å². The van der Waals surface area contributed by atoms with Crippen molar-refractivity contribution in [1.29, 1.82) is 0 Å². The van der Waals surface area contributed by atoms with E-state index >= 15 is 0 Å². The summed E-state index contributed by atoms with van der Waals surface area (Å²) in [4.78, 5) is 10.6. The number of hydrogen-bond acceptors (Lipinski definition) is 2. The average Bonchev–Trinajstić information content (AvgIpc) is 2.03. The molecule has 0 bridgehead atoms. The van der Waals surface area contributed by atoms with Crippen LogP contribution in [-0.4, -0.2) is 5.97 Å². The predicted molar refractivity (Wildman–Crippen MR) is 47.0 cm³/mol. The molecule has 0 aliphatic heterocycles. The third-order valence-electron chi connectivity index (χ3n) is 1.51. The van der Waals surface area contributed by atoms with Gasteiger partial charge in [-0.1, -0.05) is 18.2 Å². The molecule has 0 unspecified atom stereocenters. The van der Waals surface area contributed by atoms with E-state index in [1.807, 2.05) is 12.2 Å². The van der Waals surface area contributed by atoms with Gasteiger partial charge in [-0.15, -0.1) is 6.58 Å². The number of rotatable bonds is 2. The van der Waals surface area contributed by atoms with E-state index in [1.165, 1.54) is 6.92 Å². The molecule has 1 radical (unpaired) electrons. The van der Waals surface area contributed by atoms with Crippen molar-refractivity contribution in [2.24, 2.45) is 0 Å². The topological polar surface area (TPSA) is 26.3 Å². The van der Waals surface area contributed by atoms with Gasteiger partial charge < -0.3 is 4.74 Å². The summed E-state index contributed by atoms with van der Waals surface area (Å²) in [6.07, 6.45) is 7.99. The normalized spacial score (nSPS) is 16.9. The third-order valence-corrected chi connectivity index (χ3v) is 1.51. The molecule has 63 valence electrons. The van der Waals surface area contributed by atoms with Crippen LogP contribution in [0.5, 0.6) is 0 Å². The fourth-order valence-electron chi connectivity index (χ4n) is 0.993. The lowest BCUT2D eigenvalue weighted by molar-refractivity contribution is -0.137. The molecular weight excluding hydrogens is 152 g/mol. The van der Waals surface area contributed by atoms with Gasteiger partial charge in [0, 0.05) is 19.3 Å². The number of allylic oxidation sites excluding steroid dienone is 5. The standard InChI is InChI=1S/C10H11O2/c1-3-9-5-4-6-10(7-9)12-8(2)11/h3-6H,1,7H2,2H3. The number of ether oxygens (including phenoxy) is 1. The number of carbonyl (C=O) groups is 1. The molecule has 0 fully saturated rings. The first-order chi connectivity index (χ1) is 5.72. The van der Waals surface area contributed by atoms with Gasteiger partial charge in [0.15, 0.2) is 0 Å². The first-order valence-electron chi connectivity index (χ1n) is 3.76. The van der Waals surface area contributed by atoms with Gasteiger partial charge in [-0.3, -0.25) is 4.79 Å². The van der Waals surface area contributed by atoms with Crippen molar-refractivity contribution in [3.05, 3.63) is 42.6 Å². The fraction of sp³-hybridized carbons (Fsp3) is 0.200. The number of carbonyl (C=O) groups excluding carboxylic acids is 1. The van der Waals surface area contributed by atoms with E-state index < -0.39 is 0 Å². The first-order valence-corrected chi connectivity index (χ1v) is 3.76. The Morgan fingerprint density at radius 1 is 1.75 bits per heavy atom. The lowest BCUT2D eigenvalue weighted by Gasteiger charge is -2.13. The van der Waals surface area contributed by atoms with Gasteiger partial charge in [0.25, 0.3) is 0 Å². The van der Waals surface area contributed by atoms with Crippen LogP contribution in [0.3, 0.4) is 0 Å². The Morgan fingerprint density at radius 3 is 3.08 bits per heavy atom. The van der Waals surface area contributed by atoms with Crippen molar-refractivity contribution in [2.45, 2.75) is 13.3 Å². The molecule has 0 N–H and O–H groups in total. The van der Waals surface area contributed by atoms with Crippen molar-refractivity contribution >= 4 is 5.97 Å². The molecule has 0 amide bonds. The second-order valence-electron chi connectivity index (χ2n) is 2.54. The Hall–Kier alpha value is -1.31. The van der Waals surface area contributed by atoms with Crippen molar-refractivity contribution in [2.75, 3.05) is 0 Å². The zero-order valence-electron chi connectivity index (χ0n) is 7.04. The van der Waals surface area contributed by atoms with Crippen LogP contribution in [0.2, 0.25) is 0 Å². The molecule has 1 rings (SSSR count). The van der Waals surface area contributed by atoms with Gasteiger partial charge in [0.05, 0.1) is 0 Å². The van der Waals surface area contributed by atoms with E-state index in [4.69, 9.17) is 4.74 Å². The Labute approximate surface area is 72.2 Å². The Kier molecular flexibility index (Phi) is 2.86. The minimum absolute atomic E-state index is 0.278. The summed E-state index contributed by atoms with van der Waals surface area (Å²) in [6.45, 7) is 5.04.